The van der Waals surface area contributed by atoms with Gasteiger partial charge in [-0.25, -0.2) is 9.13 Å². The van der Waals surface area contributed by atoms with E-state index in [9.17, 15) is 0 Å². The molecular weight excluding hydrogens is 399 g/mol. The molecule has 0 aliphatic carbocycles. The third-order valence-corrected chi connectivity index (χ3v) is 4.27. The smallest absolute Gasteiger partial charge is 0.262 e. The molecule has 6 nitrogen and oxygen atoms in total. The van der Waals surface area contributed by atoms with Crippen LogP contribution in [0.25, 0.3) is 0 Å². The molecule has 1 aromatic carbocycles. The molecule has 0 spiro atoms. The molecule has 2 N–H and O–H groups in total. The predicted octanol–water partition coefficient (Wildman–Crippen LogP) is 3.64. The van der Waals surface area contributed by atoms with E-state index in [-0.39, 0.29) is 0 Å². The van der Waals surface area contributed by atoms with Crippen LogP contribution in [0, 0.1) is 0 Å². The summed E-state index contributed by atoms with van der Waals surface area (Å²) in [6, 6.07) is 8.05. The molecule has 28 heavy (non-hydrogen) atoms. The van der Waals surface area contributed by atoms with Crippen molar-refractivity contribution in [1.29, 1.82) is 0 Å². The number of unbranched alkanes of at least 4 members (excludes halogenated alkanes) is 4. The monoisotopic (exact) mass is 428 g/mol. The van der Waals surface area contributed by atoms with E-state index in [4.69, 9.17) is 30.8 Å². The van der Waals surface area contributed by atoms with Crippen LogP contribution in [0.3, 0.4) is 0 Å². The maximum Gasteiger partial charge on any atom is 0.262 e. The Kier molecular flexibility index (Phi) is 12.0. The number of aryl methyl sites for hydroxylation is 1. The quantitative estimate of drug-likeness (QED) is 0.262. The summed E-state index contributed by atoms with van der Waals surface area (Å²) in [5, 5.41) is 0.796. The van der Waals surface area contributed by atoms with Gasteiger partial charge < -0.3 is 14.7 Å². The average Bonchev–Trinajstić information content (AvgIpc) is 3.06. The lowest BCUT2D eigenvalue weighted by Crippen LogP contribution is -2.29. The van der Waals surface area contributed by atoms with Gasteiger partial charge in [-0.3, -0.25) is 4.57 Å². The summed E-state index contributed by atoms with van der Waals surface area (Å²) in [7, 11) is -4.89. The molecular formula is C20H30ClN2O4P. The fourth-order valence-corrected chi connectivity index (χ4v) is 2.74. The van der Waals surface area contributed by atoms with Crippen LogP contribution in [0.5, 0.6) is 0 Å². The maximum absolute atomic E-state index is 8.77. The first-order chi connectivity index (χ1) is 13.3. The summed E-state index contributed by atoms with van der Waals surface area (Å²) < 4.78 is 13.3. The summed E-state index contributed by atoms with van der Waals surface area (Å²) in [6.07, 6.45) is 18.6. The van der Waals surface area contributed by atoms with Gasteiger partial charge >= 0.3 is 0 Å². The summed E-state index contributed by atoms with van der Waals surface area (Å²) in [5.41, 5.74) is 1.29. The van der Waals surface area contributed by atoms with E-state index in [1.165, 1.54) is 37.7 Å². The SMILES string of the molecule is CCCCCCCn1cc[n+](C/C=C\Cc2ccc(Cl)cc2)c1.O=P([O-])(O)O. The van der Waals surface area contributed by atoms with Crippen LogP contribution in [0.15, 0.2) is 55.1 Å². The molecule has 8 heteroatoms. The highest BCUT2D eigenvalue weighted by Crippen LogP contribution is 2.19. The van der Waals surface area contributed by atoms with Crippen LogP contribution in [-0.2, 0) is 24.1 Å². The highest BCUT2D eigenvalue weighted by Gasteiger charge is 2.01. The van der Waals surface area contributed by atoms with E-state index in [0.717, 1.165) is 24.5 Å². The third-order valence-electron chi connectivity index (χ3n) is 4.02. The Morgan fingerprint density at radius 1 is 1.14 bits per heavy atom. The lowest BCUT2D eigenvalue weighted by molar-refractivity contribution is -0.686. The second kappa shape index (κ2) is 13.7. The summed E-state index contributed by atoms with van der Waals surface area (Å²) in [5.74, 6) is 0. The molecule has 1 heterocycles. The molecule has 156 valence electrons. The van der Waals surface area contributed by atoms with Gasteiger partial charge in [0.1, 0.15) is 18.9 Å². The van der Waals surface area contributed by atoms with E-state index >= 15 is 0 Å². The van der Waals surface area contributed by atoms with E-state index in [0.29, 0.717) is 0 Å². The van der Waals surface area contributed by atoms with Gasteiger partial charge in [0.05, 0.1) is 6.54 Å². The van der Waals surface area contributed by atoms with Crippen molar-refractivity contribution < 1.29 is 23.8 Å². The van der Waals surface area contributed by atoms with Gasteiger partial charge in [0.2, 0.25) is 6.33 Å². The van der Waals surface area contributed by atoms with Crippen molar-refractivity contribution in [2.45, 2.75) is 58.5 Å². The molecule has 0 amide bonds. The summed E-state index contributed by atoms with van der Waals surface area (Å²) >= 11 is 5.89. The first-order valence-electron chi connectivity index (χ1n) is 9.48. The fraction of sp³-hybridized carbons (Fsp3) is 0.450. The lowest BCUT2D eigenvalue weighted by atomic mass is 10.1. The van der Waals surface area contributed by atoms with E-state index in [2.05, 4.69) is 59.1 Å². The zero-order valence-electron chi connectivity index (χ0n) is 16.3. The zero-order valence-corrected chi connectivity index (χ0v) is 17.9. The zero-order chi connectivity index (χ0) is 20.8. The molecule has 2 rings (SSSR count). The number of halogens is 1. The number of benzene rings is 1. The topological polar surface area (TPSA) is 89.4 Å². The molecule has 1 aromatic heterocycles. The molecule has 0 radical (unpaired) electrons. The fourth-order valence-electron chi connectivity index (χ4n) is 2.61. The Bertz CT molecular complexity index is 733. The third kappa shape index (κ3) is 13.7. The molecule has 0 bridgehead atoms. The Balaban J connectivity index is 0.000000696. The van der Waals surface area contributed by atoms with Crippen LogP contribution in [0.2, 0.25) is 5.02 Å². The van der Waals surface area contributed by atoms with Gasteiger partial charge in [0.25, 0.3) is 7.82 Å². The molecule has 0 saturated carbocycles. The number of hydrogen-bond donors (Lipinski definition) is 2. The van der Waals surface area contributed by atoms with Gasteiger partial charge in [-0.2, -0.15) is 0 Å². The van der Waals surface area contributed by atoms with Crippen molar-refractivity contribution in [3.05, 3.63) is 65.7 Å². The van der Waals surface area contributed by atoms with Crippen molar-refractivity contribution in [1.82, 2.24) is 4.57 Å². The second-order valence-corrected chi connectivity index (χ2v) is 7.97. The number of allylic oxidation sites excluding steroid dienone is 2. The highest BCUT2D eigenvalue weighted by molar-refractivity contribution is 7.43. The van der Waals surface area contributed by atoms with Gasteiger partial charge in [-0.15, -0.1) is 0 Å². The van der Waals surface area contributed by atoms with Crippen molar-refractivity contribution in [3.63, 3.8) is 0 Å². The first kappa shape index (κ1) is 24.6. The van der Waals surface area contributed by atoms with Crippen molar-refractivity contribution in [2.24, 2.45) is 0 Å². The molecule has 0 atom stereocenters. The van der Waals surface area contributed by atoms with E-state index in [1.807, 2.05) is 12.1 Å². The number of phosphoric acid groups is 1. The van der Waals surface area contributed by atoms with Crippen molar-refractivity contribution in [3.8, 4) is 0 Å². The summed E-state index contributed by atoms with van der Waals surface area (Å²) in [6.45, 7) is 4.32. The standard InChI is InChI=1S/C20H28ClN2.H3O4P/c1-2-3-4-5-7-14-22-16-17-23(18-22)15-8-6-9-19-10-12-20(21)13-11-19;1-5(2,3)4/h6,8,10-13,16-18H,2-5,7,9,14-15H2,1H3;(H3,1,2,3,4)/q+1;/p-1/b8-6-;. The number of rotatable bonds is 10. The minimum atomic E-state index is -4.89. The Morgan fingerprint density at radius 3 is 2.43 bits per heavy atom. The number of aromatic nitrogens is 2. The number of hydrogen-bond acceptors (Lipinski definition) is 2. The lowest BCUT2D eigenvalue weighted by Gasteiger charge is -2.01. The predicted molar refractivity (Wildman–Crippen MR) is 110 cm³/mol. The summed E-state index contributed by atoms with van der Waals surface area (Å²) in [4.78, 5) is 22.9. The van der Waals surface area contributed by atoms with Gasteiger partial charge in [-0.1, -0.05) is 56.0 Å². The van der Waals surface area contributed by atoms with Gasteiger partial charge in [-0.05, 0) is 43.0 Å². The maximum atomic E-state index is 8.77. The number of imidazole rings is 1. The van der Waals surface area contributed by atoms with Crippen molar-refractivity contribution >= 4 is 19.4 Å². The highest BCUT2D eigenvalue weighted by atomic mass is 35.5. The molecule has 2 aromatic rings. The van der Waals surface area contributed by atoms with Crippen LogP contribution in [0.1, 0.15) is 44.6 Å². The van der Waals surface area contributed by atoms with E-state index < -0.39 is 7.82 Å². The first-order valence-corrected chi connectivity index (χ1v) is 11.4. The van der Waals surface area contributed by atoms with Crippen molar-refractivity contribution in [2.75, 3.05) is 0 Å². The molecule has 0 aliphatic rings. The molecule has 0 fully saturated rings. The largest absolute Gasteiger partial charge is 0.756 e. The Morgan fingerprint density at radius 2 is 1.79 bits per heavy atom. The Labute approximate surface area is 172 Å². The molecule has 0 aliphatic heterocycles. The van der Waals surface area contributed by atoms with Crippen LogP contribution in [0.4, 0.5) is 0 Å². The minimum Gasteiger partial charge on any atom is -0.756 e. The van der Waals surface area contributed by atoms with Gasteiger partial charge in [0.15, 0.2) is 0 Å². The molecule has 0 unspecified atom stereocenters. The average molecular weight is 429 g/mol. The van der Waals surface area contributed by atoms with Crippen LogP contribution in [-0.4, -0.2) is 14.4 Å². The number of nitrogens with zero attached hydrogens (tertiary/aromatic N) is 2. The molecule has 0 saturated heterocycles. The van der Waals surface area contributed by atoms with Crippen LogP contribution < -0.4 is 9.46 Å². The normalized spacial score (nSPS) is 11.5. The Hall–Kier alpha value is -1.43. The van der Waals surface area contributed by atoms with E-state index in [1.54, 1.807) is 0 Å². The van der Waals surface area contributed by atoms with Gasteiger partial charge in [0, 0.05) is 5.02 Å². The second-order valence-electron chi connectivity index (χ2n) is 6.56. The van der Waals surface area contributed by atoms with Crippen LogP contribution >= 0.6 is 19.4 Å². The minimum absolute atomic E-state index is 0.796.